The van der Waals surface area contributed by atoms with Gasteiger partial charge in [0.1, 0.15) is 5.76 Å². The van der Waals surface area contributed by atoms with E-state index in [1.165, 1.54) is 36.4 Å². The normalized spacial score (nSPS) is 18.1. The maximum atomic E-state index is 13.3. The summed E-state index contributed by atoms with van der Waals surface area (Å²) in [7, 11) is 0. The third-order valence-electron chi connectivity index (χ3n) is 5.37. The zero-order valence-electron chi connectivity index (χ0n) is 17.2. The Kier molecular flexibility index (Phi) is 5.76. The monoisotopic (exact) mass is 471 g/mol. The zero-order valence-corrected chi connectivity index (χ0v) is 18.0. The van der Waals surface area contributed by atoms with Crippen LogP contribution in [-0.2, 0) is 15.8 Å². The number of alkyl halides is 3. The fraction of sp³-hybridized carbons (Fsp3) is 0.120. The number of aliphatic hydroxyl groups is 1. The minimum Gasteiger partial charge on any atom is -0.507 e. The number of aliphatic hydroxyl groups excluding tert-OH is 1. The third-order valence-corrected chi connectivity index (χ3v) is 5.62. The first-order valence-corrected chi connectivity index (χ1v) is 10.3. The van der Waals surface area contributed by atoms with Crippen molar-refractivity contribution in [2.24, 2.45) is 0 Å². The Morgan fingerprint density at radius 3 is 2.27 bits per heavy atom. The summed E-state index contributed by atoms with van der Waals surface area (Å²) in [5, 5.41) is 11.4. The van der Waals surface area contributed by atoms with Gasteiger partial charge in [0, 0.05) is 16.3 Å². The van der Waals surface area contributed by atoms with E-state index in [1.54, 1.807) is 31.2 Å². The number of anilines is 1. The zero-order chi connectivity index (χ0) is 23.9. The average Bonchev–Trinajstić information content (AvgIpc) is 3.04. The van der Waals surface area contributed by atoms with Crippen LogP contribution in [0.2, 0.25) is 5.02 Å². The van der Waals surface area contributed by atoms with Crippen LogP contribution in [-0.4, -0.2) is 16.8 Å². The van der Waals surface area contributed by atoms with E-state index in [1.807, 2.05) is 0 Å². The van der Waals surface area contributed by atoms with Crippen molar-refractivity contribution in [1.29, 1.82) is 0 Å². The first-order chi connectivity index (χ1) is 15.6. The number of Topliss-reactive ketones (excluding diaryl/α,β-unsaturated/α-hetero) is 1. The number of hydrogen-bond donors (Lipinski definition) is 1. The molecule has 1 aliphatic rings. The van der Waals surface area contributed by atoms with Crippen molar-refractivity contribution in [3.8, 4) is 0 Å². The molecular weight excluding hydrogens is 455 g/mol. The van der Waals surface area contributed by atoms with Crippen LogP contribution >= 0.6 is 11.6 Å². The van der Waals surface area contributed by atoms with Gasteiger partial charge in [-0.15, -0.1) is 0 Å². The standard InChI is InChI=1S/C25H17ClF3NO3/c1-14-4-2-5-16(12-14)21-20(22(31)15-8-10-18(26)11-9-15)23(32)24(33)30(21)19-7-3-6-17(13-19)25(27,28)29/h2-13,21,31H,1H3/b22-20+. The lowest BCUT2D eigenvalue weighted by atomic mass is 9.94. The molecule has 4 rings (SSSR count). The minimum atomic E-state index is -4.63. The molecule has 1 amide bonds. The summed E-state index contributed by atoms with van der Waals surface area (Å²) in [5.41, 5.74) is 0.261. The maximum absolute atomic E-state index is 13.3. The number of amides is 1. The summed E-state index contributed by atoms with van der Waals surface area (Å²) in [6, 6.07) is 16.0. The number of aryl methyl sites for hydroxylation is 1. The highest BCUT2D eigenvalue weighted by Gasteiger charge is 2.47. The van der Waals surface area contributed by atoms with Gasteiger partial charge in [-0.3, -0.25) is 14.5 Å². The number of ketones is 1. The van der Waals surface area contributed by atoms with Crippen LogP contribution in [0.3, 0.4) is 0 Å². The van der Waals surface area contributed by atoms with E-state index in [0.29, 0.717) is 10.6 Å². The minimum absolute atomic E-state index is 0.103. The molecule has 0 radical (unpaired) electrons. The van der Waals surface area contributed by atoms with Crippen molar-refractivity contribution in [3.05, 3.63) is 106 Å². The second-order valence-electron chi connectivity index (χ2n) is 7.64. The van der Waals surface area contributed by atoms with E-state index >= 15 is 0 Å². The lowest BCUT2D eigenvalue weighted by molar-refractivity contribution is -0.137. The van der Waals surface area contributed by atoms with Crippen molar-refractivity contribution in [2.75, 3.05) is 4.90 Å². The van der Waals surface area contributed by atoms with Gasteiger partial charge in [-0.1, -0.05) is 47.5 Å². The molecular formula is C25H17ClF3NO3. The van der Waals surface area contributed by atoms with Crippen molar-refractivity contribution in [1.82, 2.24) is 0 Å². The summed E-state index contributed by atoms with van der Waals surface area (Å²) in [5.74, 6) is -2.46. The maximum Gasteiger partial charge on any atom is 0.416 e. The molecule has 8 heteroatoms. The Hall–Kier alpha value is -3.58. The van der Waals surface area contributed by atoms with Crippen molar-refractivity contribution in [2.45, 2.75) is 19.1 Å². The molecule has 0 bridgehead atoms. The molecule has 1 fully saturated rings. The number of carbonyl (C=O) groups excluding carboxylic acids is 2. The molecule has 1 saturated heterocycles. The highest BCUT2D eigenvalue weighted by molar-refractivity contribution is 6.51. The molecule has 168 valence electrons. The summed E-state index contributed by atoms with van der Waals surface area (Å²) < 4.78 is 40.0. The van der Waals surface area contributed by atoms with Crippen LogP contribution in [0, 0.1) is 6.92 Å². The van der Waals surface area contributed by atoms with E-state index in [4.69, 9.17) is 11.6 Å². The van der Waals surface area contributed by atoms with E-state index in [9.17, 15) is 27.9 Å². The highest BCUT2D eigenvalue weighted by Crippen LogP contribution is 2.43. The van der Waals surface area contributed by atoms with Gasteiger partial charge in [0.05, 0.1) is 17.2 Å². The second-order valence-corrected chi connectivity index (χ2v) is 8.07. The van der Waals surface area contributed by atoms with Gasteiger partial charge in [0.15, 0.2) is 0 Å². The Bertz CT molecular complexity index is 1280. The Labute approximate surface area is 192 Å². The van der Waals surface area contributed by atoms with Crippen molar-refractivity contribution < 1.29 is 27.9 Å². The topological polar surface area (TPSA) is 57.6 Å². The fourth-order valence-corrected chi connectivity index (χ4v) is 3.98. The van der Waals surface area contributed by atoms with Gasteiger partial charge in [-0.2, -0.15) is 13.2 Å². The van der Waals surface area contributed by atoms with E-state index < -0.39 is 35.2 Å². The Balaban J connectivity index is 1.95. The van der Waals surface area contributed by atoms with Gasteiger partial charge in [-0.05, 0) is 55.0 Å². The van der Waals surface area contributed by atoms with E-state index in [0.717, 1.165) is 22.6 Å². The quantitative estimate of drug-likeness (QED) is 0.277. The lowest BCUT2D eigenvalue weighted by Crippen LogP contribution is -2.29. The number of halogens is 4. The van der Waals surface area contributed by atoms with E-state index in [2.05, 4.69) is 0 Å². The van der Waals surface area contributed by atoms with Crippen LogP contribution in [0.4, 0.5) is 18.9 Å². The van der Waals surface area contributed by atoms with Crippen LogP contribution in [0.1, 0.15) is 28.3 Å². The van der Waals surface area contributed by atoms with Gasteiger partial charge >= 0.3 is 6.18 Å². The van der Waals surface area contributed by atoms with Crippen LogP contribution in [0.25, 0.3) is 5.76 Å². The SMILES string of the molecule is Cc1cccc(C2/C(=C(\O)c3ccc(Cl)cc3)C(=O)C(=O)N2c2cccc(C(F)(F)F)c2)c1. The molecule has 1 unspecified atom stereocenters. The predicted molar refractivity (Wildman–Crippen MR) is 119 cm³/mol. The first-order valence-electron chi connectivity index (χ1n) is 9.88. The van der Waals surface area contributed by atoms with Gasteiger partial charge in [0.25, 0.3) is 11.7 Å². The highest BCUT2D eigenvalue weighted by atomic mass is 35.5. The molecule has 1 atom stereocenters. The number of hydrogen-bond acceptors (Lipinski definition) is 3. The molecule has 0 aromatic heterocycles. The number of carbonyl (C=O) groups is 2. The van der Waals surface area contributed by atoms with Gasteiger partial charge in [0.2, 0.25) is 0 Å². The number of nitrogens with zero attached hydrogens (tertiary/aromatic N) is 1. The molecule has 0 saturated carbocycles. The Morgan fingerprint density at radius 2 is 1.64 bits per heavy atom. The van der Waals surface area contributed by atoms with Crippen molar-refractivity contribution in [3.63, 3.8) is 0 Å². The van der Waals surface area contributed by atoms with Crippen LogP contribution < -0.4 is 4.90 Å². The fourth-order valence-electron chi connectivity index (χ4n) is 3.85. The summed E-state index contributed by atoms with van der Waals surface area (Å²) in [4.78, 5) is 27.1. The van der Waals surface area contributed by atoms with Crippen LogP contribution in [0.15, 0.2) is 78.4 Å². The predicted octanol–water partition coefficient (Wildman–Crippen LogP) is 6.29. The number of benzene rings is 3. The summed E-state index contributed by atoms with van der Waals surface area (Å²) in [6.45, 7) is 1.80. The van der Waals surface area contributed by atoms with Crippen LogP contribution in [0.5, 0.6) is 0 Å². The van der Waals surface area contributed by atoms with E-state index in [-0.39, 0.29) is 16.8 Å². The smallest absolute Gasteiger partial charge is 0.416 e. The average molecular weight is 472 g/mol. The summed E-state index contributed by atoms with van der Waals surface area (Å²) in [6.07, 6.45) is -4.63. The molecule has 1 N–H and O–H groups in total. The molecule has 1 heterocycles. The van der Waals surface area contributed by atoms with Gasteiger partial charge in [-0.25, -0.2) is 0 Å². The molecule has 3 aromatic carbocycles. The lowest BCUT2D eigenvalue weighted by Gasteiger charge is -2.26. The first kappa shape index (κ1) is 22.6. The number of rotatable bonds is 3. The van der Waals surface area contributed by atoms with Crippen molar-refractivity contribution >= 4 is 34.7 Å². The largest absolute Gasteiger partial charge is 0.507 e. The molecule has 33 heavy (non-hydrogen) atoms. The Morgan fingerprint density at radius 1 is 0.970 bits per heavy atom. The summed E-state index contributed by atoms with van der Waals surface area (Å²) >= 11 is 5.91. The van der Waals surface area contributed by atoms with Gasteiger partial charge < -0.3 is 5.11 Å². The molecule has 0 aliphatic carbocycles. The molecule has 4 nitrogen and oxygen atoms in total. The molecule has 3 aromatic rings. The molecule has 0 spiro atoms. The second kappa shape index (κ2) is 8.41. The molecule has 1 aliphatic heterocycles. The third kappa shape index (κ3) is 4.24.